The molecule has 2 N–H and O–H groups in total. The lowest BCUT2D eigenvalue weighted by molar-refractivity contribution is 0.474. The van der Waals surface area contributed by atoms with Crippen molar-refractivity contribution in [1.29, 1.82) is 5.26 Å². The van der Waals surface area contributed by atoms with Crippen LogP contribution in [-0.2, 0) is 10.0 Å². The van der Waals surface area contributed by atoms with Gasteiger partial charge in [-0.05, 0) is 40.2 Å². The molecule has 2 rings (SSSR count). The molecule has 108 valence electrons. The quantitative estimate of drug-likeness (QED) is 0.812. The van der Waals surface area contributed by atoms with E-state index in [1.807, 2.05) is 0 Å². The Hall–Kier alpha value is -2.11. The van der Waals surface area contributed by atoms with Crippen molar-refractivity contribution in [3.8, 4) is 11.8 Å². The highest BCUT2D eigenvalue weighted by molar-refractivity contribution is 9.10. The molecule has 0 saturated heterocycles. The lowest BCUT2D eigenvalue weighted by Gasteiger charge is -2.11. The molecule has 0 bridgehead atoms. The molecular weight excluding hydrogens is 363 g/mol. The number of aromatic hydroxyl groups is 1. The molecule has 0 unspecified atom stereocenters. The molecule has 0 aliphatic carbocycles. The number of hydrogen-bond acceptors (Lipinski definition) is 4. The van der Waals surface area contributed by atoms with Gasteiger partial charge in [-0.3, -0.25) is 4.72 Å². The summed E-state index contributed by atoms with van der Waals surface area (Å²) in [5, 5.41) is 18.7. The minimum absolute atomic E-state index is 0.0856. The lowest BCUT2D eigenvalue weighted by Crippen LogP contribution is -2.15. The van der Waals surface area contributed by atoms with Gasteiger partial charge in [0.25, 0.3) is 10.0 Å². The van der Waals surface area contributed by atoms with Crippen LogP contribution in [0.15, 0.2) is 45.8 Å². The predicted molar refractivity (Wildman–Crippen MR) is 77.7 cm³/mol. The number of halogens is 2. The molecule has 0 fully saturated rings. The number of nitrogens with zero attached hydrogens (tertiary/aromatic N) is 1. The van der Waals surface area contributed by atoms with Crippen LogP contribution in [0, 0.1) is 17.1 Å². The van der Waals surface area contributed by atoms with Crippen molar-refractivity contribution < 1.29 is 17.9 Å². The fourth-order valence-corrected chi connectivity index (χ4v) is 3.23. The third-order valence-corrected chi connectivity index (χ3v) is 4.66. The maximum Gasteiger partial charge on any atom is 0.263 e. The second kappa shape index (κ2) is 5.71. The van der Waals surface area contributed by atoms with E-state index in [1.54, 1.807) is 0 Å². The third-order valence-electron chi connectivity index (χ3n) is 2.61. The Morgan fingerprint density at radius 3 is 2.57 bits per heavy atom. The number of nitrogens with one attached hydrogen (secondary N) is 1. The Morgan fingerprint density at radius 2 is 1.90 bits per heavy atom. The molecule has 0 aliphatic heterocycles. The summed E-state index contributed by atoms with van der Waals surface area (Å²) in [6.45, 7) is 0. The number of rotatable bonds is 3. The molecule has 0 amide bonds. The van der Waals surface area contributed by atoms with Crippen LogP contribution in [0.3, 0.4) is 0 Å². The number of para-hydroxylation sites is 1. The van der Waals surface area contributed by atoms with E-state index in [4.69, 9.17) is 5.26 Å². The van der Waals surface area contributed by atoms with Gasteiger partial charge in [-0.2, -0.15) is 5.26 Å². The van der Waals surface area contributed by atoms with Gasteiger partial charge in [-0.25, -0.2) is 12.8 Å². The van der Waals surface area contributed by atoms with Gasteiger partial charge in [0.1, 0.15) is 22.3 Å². The highest BCUT2D eigenvalue weighted by Crippen LogP contribution is 2.33. The first-order valence-corrected chi connectivity index (χ1v) is 7.83. The largest absolute Gasteiger partial charge is 0.505 e. The molecule has 0 atom stereocenters. The van der Waals surface area contributed by atoms with Crippen molar-refractivity contribution in [2.24, 2.45) is 0 Å². The Kier molecular flexibility index (Phi) is 4.16. The minimum Gasteiger partial charge on any atom is -0.505 e. The van der Waals surface area contributed by atoms with Gasteiger partial charge in [0, 0.05) is 0 Å². The van der Waals surface area contributed by atoms with Crippen LogP contribution in [0.1, 0.15) is 5.56 Å². The molecule has 0 aliphatic rings. The molecule has 0 heterocycles. The van der Waals surface area contributed by atoms with Crippen molar-refractivity contribution >= 4 is 31.6 Å². The standard InChI is InChI=1S/C13H8BrFN2O3S/c14-9-3-1-5-11(13(9)18)17-21(19,20)12-6-2-4-10(15)8(12)7-16/h1-6,17-18H. The zero-order chi connectivity index (χ0) is 15.6. The zero-order valence-corrected chi connectivity index (χ0v) is 12.7. The van der Waals surface area contributed by atoms with E-state index in [0.717, 1.165) is 12.1 Å². The van der Waals surface area contributed by atoms with E-state index in [1.165, 1.54) is 30.3 Å². The van der Waals surface area contributed by atoms with Gasteiger partial charge in [0.2, 0.25) is 0 Å². The molecule has 0 aromatic heterocycles. The first kappa shape index (κ1) is 15.3. The van der Waals surface area contributed by atoms with Crippen LogP contribution >= 0.6 is 15.9 Å². The van der Waals surface area contributed by atoms with Gasteiger partial charge in [-0.15, -0.1) is 0 Å². The average Bonchev–Trinajstić information content (AvgIpc) is 2.43. The van der Waals surface area contributed by atoms with E-state index < -0.39 is 26.3 Å². The summed E-state index contributed by atoms with van der Waals surface area (Å²) in [4.78, 5) is -0.496. The summed E-state index contributed by atoms with van der Waals surface area (Å²) >= 11 is 3.05. The first-order chi connectivity index (χ1) is 9.86. The summed E-state index contributed by atoms with van der Waals surface area (Å²) < 4.78 is 40.4. The molecule has 0 radical (unpaired) electrons. The average molecular weight is 371 g/mol. The Balaban J connectivity index is 2.52. The fourth-order valence-electron chi connectivity index (χ4n) is 1.63. The van der Waals surface area contributed by atoms with Crippen molar-refractivity contribution in [2.75, 3.05) is 4.72 Å². The van der Waals surface area contributed by atoms with Crippen LogP contribution in [0.2, 0.25) is 0 Å². The van der Waals surface area contributed by atoms with Crippen LogP contribution < -0.4 is 4.72 Å². The molecule has 0 saturated carbocycles. The SMILES string of the molecule is N#Cc1c(F)cccc1S(=O)(=O)Nc1cccc(Br)c1O. The van der Waals surface area contributed by atoms with Gasteiger partial charge >= 0.3 is 0 Å². The predicted octanol–water partition coefficient (Wildman–Crippen LogP) is 2.97. The minimum atomic E-state index is -4.21. The molecule has 0 spiro atoms. The lowest BCUT2D eigenvalue weighted by atomic mass is 10.2. The number of phenolic OH excluding ortho intramolecular Hbond substituents is 1. The normalized spacial score (nSPS) is 10.9. The van der Waals surface area contributed by atoms with Crippen LogP contribution in [-0.4, -0.2) is 13.5 Å². The number of benzene rings is 2. The van der Waals surface area contributed by atoms with E-state index in [9.17, 15) is 17.9 Å². The van der Waals surface area contributed by atoms with Gasteiger partial charge in [0.15, 0.2) is 5.75 Å². The molecule has 2 aromatic carbocycles. The van der Waals surface area contributed by atoms with Crippen LogP contribution in [0.4, 0.5) is 10.1 Å². The van der Waals surface area contributed by atoms with Crippen molar-refractivity contribution in [1.82, 2.24) is 0 Å². The number of phenols is 1. The number of nitriles is 1. The summed E-state index contributed by atoms with van der Waals surface area (Å²) in [5.74, 6) is -1.24. The van der Waals surface area contributed by atoms with Crippen molar-refractivity contribution in [2.45, 2.75) is 4.90 Å². The highest BCUT2D eigenvalue weighted by atomic mass is 79.9. The van der Waals surface area contributed by atoms with E-state index in [0.29, 0.717) is 4.47 Å². The molecule has 2 aromatic rings. The molecule has 21 heavy (non-hydrogen) atoms. The first-order valence-electron chi connectivity index (χ1n) is 5.55. The van der Waals surface area contributed by atoms with Gasteiger partial charge in [-0.1, -0.05) is 12.1 Å². The van der Waals surface area contributed by atoms with E-state index in [2.05, 4.69) is 20.7 Å². The molecule has 5 nitrogen and oxygen atoms in total. The molecule has 8 heteroatoms. The second-order valence-electron chi connectivity index (χ2n) is 3.97. The van der Waals surface area contributed by atoms with Gasteiger partial charge < -0.3 is 5.11 Å². The van der Waals surface area contributed by atoms with Gasteiger partial charge in [0.05, 0.1) is 10.2 Å². The van der Waals surface area contributed by atoms with Crippen LogP contribution in [0.25, 0.3) is 0 Å². The fraction of sp³-hybridized carbons (Fsp3) is 0. The Morgan fingerprint density at radius 1 is 1.24 bits per heavy atom. The molecular formula is C13H8BrFN2O3S. The van der Waals surface area contributed by atoms with Crippen molar-refractivity contribution in [3.63, 3.8) is 0 Å². The van der Waals surface area contributed by atoms with Crippen LogP contribution in [0.5, 0.6) is 5.75 Å². The number of anilines is 1. The third kappa shape index (κ3) is 2.99. The smallest absolute Gasteiger partial charge is 0.263 e. The Labute approximate surface area is 128 Å². The van der Waals surface area contributed by atoms with E-state index >= 15 is 0 Å². The summed E-state index contributed by atoms with van der Waals surface area (Å²) in [6, 6.07) is 9.18. The summed E-state index contributed by atoms with van der Waals surface area (Å²) in [7, 11) is -4.21. The maximum atomic E-state index is 13.5. The zero-order valence-electron chi connectivity index (χ0n) is 10.3. The Bertz CT molecular complexity index is 847. The highest BCUT2D eigenvalue weighted by Gasteiger charge is 2.22. The number of hydrogen-bond donors (Lipinski definition) is 2. The maximum absolute atomic E-state index is 13.5. The van der Waals surface area contributed by atoms with E-state index in [-0.39, 0.29) is 11.4 Å². The second-order valence-corrected chi connectivity index (χ2v) is 6.47. The summed E-state index contributed by atoms with van der Waals surface area (Å²) in [6.07, 6.45) is 0. The topological polar surface area (TPSA) is 90.2 Å². The number of sulfonamides is 1. The van der Waals surface area contributed by atoms with Crippen molar-refractivity contribution in [3.05, 3.63) is 52.3 Å². The summed E-state index contributed by atoms with van der Waals surface area (Å²) in [5.41, 5.74) is -0.669. The monoisotopic (exact) mass is 370 g/mol.